The van der Waals surface area contributed by atoms with E-state index in [1.807, 2.05) is 6.92 Å². The van der Waals surface area contributed by atoms with E-state index in [0.717, 1.165) is 45.4 Å². The second kappa shape index (κ2) is 10.7. The van der Waals surface area contributed by atoms with Gasteiger partial charge in [0.05, 0.1) is 6.10 Å². The monoisotopic (exact) mass is 519 g/mol. The Morgan fingerprint density at radius 3 is 2.59 bits per heavy atom. The van der Waals surface area contributed by atoms with E-state index in [9.17, 15) is 19.5 Å². The van der Waals surface area contributed by atoms with Crippen molar-refractivity contribution < 1.29 is 29.0 Å². The summed E-state index contributed by atoms with van der Waals surface area (Å²) < 4.78 is 11.2. The summed E-state index contributed by atoms with van der Waals surface area (Å²) in [5.74, 6) is -0.102. The Balaban J connectivity index is 1.52. The number of nitrogens with one attached hydrogen (secondary N) is 2. The molecule has 0 radical (unpaired) electrons. The van der Waals surface area contributed by atoms with Gasteiger partial charge in [0.15, 0.2) is 0 Å². The molecule has 9 nitrogen and oxygen atoms in total. The minimum absolute atomic E-state index is 0.0979. The molecule has 37 heavy (non-hydrogen) atoms. The number of nitrogens with zero attached hydrogens (tertiary/aromatic N) is 1. The van der Waals surface area contributed by atoms with Gasteiger partial charge >= 0.3 is 12.2 Å². The highest BCUT2D eigenvalue weighted by atomic mass is 16.6. The number of carbonyl (C=O) groups is 3. The molecule has 0 aromatic carbocycles. The highest BCUT2D eigenvalue weighted by molar-refractivity contribution is 5.88. The molecule has 9 heteroatoms. The lowest BCUT2D eigenvalue weighted by Gasteiger charge is -2.61. The fourth-order valence-corrected chi connectivity index (χ4v) is 7.98. The number of piperazine rings is 1. The van der Waals surface area contributed by atoms with Crippen molar-refractivity contribution in [2.24, 2.45) is 34.0 Å². The highest BCUT2D eigenvalue weighted by Crippen LogP contribution is 2.67. The summed E-state index contributed by atoms with van der Waals surface area (Å²) >= 11 is 0. The number of hydrogen-bond acceptors (Lipinski definition) is 8. The molecule has 2 amide bonds. The van der Waals surface area contributed by atoms with Crippen molar-refractivity contribution in [3.63, 3.8) is 0 Å². The molecule has 3 aliphatic carbocycles. The number of ketones is 1. The number of amides is 2. The molecule has 3 saturated carbocycles. The van der Waals surface area contributed by atoms with E-state index in [1.165, 1.54) is 0 Å². The van der Waals surface area contributed by atoms with Crippen molar-refractivity contribution in [3.8, 4) is 0 Å². The molecular weight excluding hydrogens is 474 g/mol. The Morgan fingerprint density at radius 1 is 1.22 bits per heavy atom. The van der Waals surface area contributed by atoms with Crippen molar-refractivity contribution in [1.82, 2.24) is 15.5 Å². The molecule has 8 atom stereocenters. The fourth-order valence-electron chi connectivity index (χ4n) is 7.98. The van der Waals surface area contributed by atoms with E-state index >= 15 is 0 Å². The third-order valence-corrected chi connectivity index (χ3v) is 10.6. The lowest BCUT2D eigenvalue weighted by molar-refractivity contribution is -0.191. The molecule has 3 N–H and O–H groups in total. The maximum Gasteiger partial charge on any atom is 0.416 e. The summed E-state index contributed by atoms with van der Waals surface area (Å²) in [5.41, 5.74) is -1.70. The molecule has 1 heterocycles. The first-order chi connectivity index (χ1) is 17.5. The van der Waals surface area contributed by atoms with E-state index < -0.39 is 35.2 Å². The van der Waals surface area contributed by atoms with Crippen LogP contribution in [0.2, 0.25) is 0 Å². The number of aliphatic hydroxyl groups excluding tert-OH is 1. The maximum atomic E-state index is 13.4. The van der Waals surface area contributed by atoms with Gasteiger partial charge in [0.1, 0.15) is 18.5 Å². The minimum Gasteiger partial charge on any atom is -0.448 e. The number of rotatable bonds is 5. The molecule has 0 aromatic rings. The average Bonchev–Trinajstić information content (AvgIpc) is 3.23. The summed E-state index contributed by atoms with van der Waals surface area (Å²) in [6.07, 6.45) is 1.88. The van der Waals surface area contributed by atoms with Crippen LogP contribution < -0.4 is 10.6 Å². The van der Waals surface area contributed by atoms with Crippen LogP contribution in [0.3, 0.4) is 0 Å². The predicted octanol–water partition coefficient (Wildman–Crippen LogP) is 3.12. The number of carbonyl (C=O) groups excluding carboxylic acids is 3. The standard InChI is InChI=1S/C28H45N3O6/c1-6-26(4)17-21(37-25(35)30-24(34)36-16-15-31-13-11-29-12-14-31)27(5)18(2)7-9-28(19(3)23(26)33)10-8-20(32)22(27)28/h6,18-19,21-23,29,33H,1,7-17H2,2-5H3,(H,30,34,35)/t18?,19-,21+,22-,23-,26+,27+,28-/m0/s1. The van der Waals surface area contributed by atoms with E-state index in [1.54, 1.807) is 6.08 Å². The van der Waals surface area contributed by atoms with Gasteiger partial charge in [-0.05, 0) is 42.9 Å². The van der Waals surface area contributed by atoms with Gasteiger partial charge in [0.25, 0.3) is 0 Å². The summed E-state index contributed by atoms with van der Waals surface area (Å²) in [7, 11) is 0. The fraction of sp³-hybridized carbons (Fsp3) is 0.821. The summed E-state index contributed by atoms with van der Waals surface area (Å²) in [4.78, 5) is 41.0. The van der Waals surface area contributed by atoms with Gasteiger partial charge in [-0.3, -0.25) is 9.69 Å². The van der Waals surface area contributed by atoms with Crippen LogP contribution in [0.4, 0.5) is 9.59 Å². The smallest absolute Gasteiger partial charge is 0.416 e. The van der Waals surface area contributed by atoms with Gasteiger partial charge in [-0.2, -0.15) is 0 Å². The lowest BCUT2D eigenvalue weighted by Crippen LogP contribution is -2.63. The van der Waals surface area contributed by atoms with E-state index in [0.29, 0.717) is 19.4 Å². The predicted molar refractivity (Wildman–Crippen MR) is 139 cm³/mol. The van der Waals surface area contributed by atoms with Crippen LogP contribution in [-0.4, -0.2) is 79.5 Å². The van der Waals surface area contributed by atoms with Crippen LogP contribution in [0.1, 0.15) is 59.8 Å². The van der Waals surface area contributed by atoms with Gasteiger partial charge in [0.2, 0.25) is 0 Å². The Morgan fingerprint density at radius 2 is 1.92 bits per heavy atom. The van der Waals surface area contributed by atoms with Crippen LogP contribution in [0, 0.1) is 34.0 Å². The number of ether oxygens (including phenoxy) is 2. The van der Waals surface area contributed by atoms with Crippen LogP contribution >= 0.6 is 0 Å². The topological polar surface area (TPSA) is 117 Å². The van der Waals surface area contributed by atoms with Gasteiger partial charge < -0.3 is 19.9 Å². The molecule has 4 fully saturated rings. The average molecular weight is 520 g/mol. The van der Waals surface area contributed by atoms with Gasteiger partial charge in [-0.15, -0.1) is 6.58 Å². The first kappa shape index (κ1) is 28.0. The molecule has 4 rings (SSSR count). The molecule has 2 bridgehead atoms. The molecule has 1 saturated heterocycles. The van der Waals surface area contributed by atoms with E-state index in [2.05, 4.69) is 42.9 Å². The molecule has 208 valence electrons. The maximum absolute atomic E-state index is 13.4. The first-order valence-corrected chi connectivity index (χ1v) is 13.9. The van der Waals surface area contributed by atoms with Crippen molar-refractivity contribution in [2.45, 2.75) is 72.0 Å². The zero-order chi connectivity index (χ0) is 27.0. The van der Waals surface area contributed by atoms with Crippen molar-refractivity contribution in [3.05, 3.63) is 12.7 Å². The normalized spacial score (nSPS) is 42.2. The zero-order valence-corrected chi connectivity index (χ0v) is 22.9. The second-order valence-corrected chi connectivity index (χ2v) is 12.3. The Kier molecular flexibility index (Phi) is 8.08. The van der Waals surface area contributed by atoms with Crippen molar-refractivity contribution in [2.75, 3.05) is 39.3 Å². The number of Topliss-reactive ketones (excluding diaryl/α,β-unsaturated/α-hetero) is 1. The number of imide groups is 1. The third kappa shape index (κ3) is 4.94. The second-order valence-electron chi connectivity index (χ2n) is 12.3. The molecule has 0 spiro atoms. The largest absolute Gasteiger partial charge is 0.448 e. The van der Waals surface area contributed by atoms with Crippen molar-refractivity contribution in [1.29, 1.82) is 0 Å². The van der Waals surface area contributed by atoms with Crippen LogP contribution in [-0.2, 0) is 14.3 Å². The van der Waals surface area contributed by atoms with Crippen LogP contribution in [0.25, 0.3) is 0 Å². The number of aliphatic hydroxyl groups is 1. The van der Waals surface area contributed by atoms with Crippen molar-refractivity contribution >= 4 is 18.0 Å². The summed E-state index contributed by atoms with van der Waals surface area (Å²) in [6.45, 7) is 16.6. The van der Waals surface area contributed by atoms with Gasteiger partial charge in [-0.1, -0.05) is 33.8 Å². The van der Waals surface area contributed by atoms with Crippen LogP contribution in [0.15, 0.2) is 12.7 Å². The molecule has 4 aliphatic rings. The van der Waals surface area contributed by atoms with E-state index in [4.69, 9.17) is 9.47 Å². The first-order valence-electron chi connectivity index (χ1n) is 13.9. The summed E-state index contributed by atoms with van der Waals surface area (Å²) in [6, 6.07) is 0. The Bertz CT molecular complexity index is 906. The van der Waals surface area contributed by atoms with Gasteiger partial charge in [0, 0.05) is 55.9 Å². The highest BCUT2D eigenvalue weighted by Gasteiger charge is 2.68. The lowest BCUT2D eigenvalue weighted by atomic mass is 9.44. The Labute approximate surface area is 220 Å². The van der Waals surface area contributed by atoms with Gasteiger partial charge in [-0.25, -0.2) is 14.9 Å². The zero-order valence-electron chi connectivity index (χ0n) is 22.9. The molecular formula is C28H45N3O6. The third-order valence-electron chi connectivity index (χ3n) is 10.6. The molecule has 1 aliphatic heterocycles. The Hall–Kier alpha value is -1.97. The molecule has 1 unspecified atom stereocenters. The number of alkyl carbamates (subject to hydrolysis) is 2. The quantitative estimate of drug-likeness (QED) is 0.475. The minimum atomic E-state index is -0.887. The number of hydrogen-bond donors (Lipinski definition) is 3. The van der Waals surface area contributed by atoms with E-state index in [-0.39, 0.29) is 35.6 Å². The molecule has 0 aromatic heterocycles. The van der Waals surface area contributed by atoms with Crippen LogP contribution in [0.5, 0.6) is 0 Å². The summed E-state index contributed by atoms with van der Waals surface area (Å²) in [5, 5.41) is 17.1. The SMILES string of the molecule is C=C[C@]1(C)C[C@@H](OC(=O)NC(=O)OCCN2CCNCC2)[C@@]2(C)C(C)CC[C@]3(CCC(=O)[C@H]32)[C@@H](C)[C@@H]1O.